The lowest BCUT2D eigenvalue weighted by Crippen LogP contribution is -2.22. The second kappa shape index (κ2) is 8.80. The summed E-state index contributed by atoms with van der Waals surface area (Å²) >= 11 is 1.19. The van der Waals surface area contributed by atoms with Crippen LogP contribution in [0, 0.1) is 11.8 Å². The lowest BCUT2D eigenvalue weighted by atomic mass is 9.99. The van der Waals surface area contributed by atoms with Gasteiger partial charge in [0, 0.05) is 12.7 Å². The first-order valence-electron chi connectivity index (χ1n) is 6.83. The SMILES string of the molecule is CC(=O)SCC(CC(C)C)C(=O)OCc1ccccc1. The maximum absolute atomic E-state index is 12.1. The number of hydrogen-bond donors (Lipinski definition) is 0. The Balaban J connectivity index is 2.51. The number of thioether (sulfide) groups is 1. The number of rotatable bonds is 7. The fourth-order valence-corrected chi connectivity index (χ4v) is 2.57. The Morgan fingerprint density at radius 2 is 1.85 bits per heavy atom. The molecular weight excluding hydrogens is 272 g/mol. The Morgan fingerprint density at radius 1 is 1.20 bits per heavy atom. The standard InChI is InChI=1S/C16H22O3S/c1-12(2)9-15(11-20-13(3)17)16(18)19-10-14-7-5-4-6-8-14/h4-8,12,15H,9-11H2,1-3H3. The van der Waals surface area contributed by atoms with Gasteiger partial charge in [-0.1, -0.05) is 55.9 Å². The van der Waals surface area contributed by atoms with Crippen molar-refractivity contribution in [2.45, 2.75) is 33.8 Å². The van der Waals surface area contributed by atoms with E-state index in [-0.39, 0.29) is 17.0 Å². The molecular formula is C16H22O3S. The smallest absolute Gasteiger partial charge is 0.310 e. The molecule has 0 radical (unpaired) electrons. The zero-order chi connectivity index (χ0) is 15.0. The van der Waals surface area contributed by atoms with Gasteiger partial charge in [-0.3, -0.25) is 9.59 Å². The molecule has 0 N–H and O–H groups in total. The first-order valence-corrected chi connectivity index (χ1v) is 7.81. The minimum absolute atomic E-state index is 0.0367. The molecule has 20 heavy (non-hydrogen) atoms. The number of carbonyl (C=O) groups is 2. The van der Waals surface area contributed by atoms with Crippen LogP contribution in [0.1, 0.15) is 32.8 Å². The first-order chi connectivity index (χ1) is 9.49. The zero-order valence-corrected chi connectivity index (χ0v) is 13.1. The summed E-state index contributed by atoms with van der Waals surface area (Å²) in [6.45, 7) is 5.94. The van der Waals surface area contributed by atoms with Crippen LogP contribution in [-0.2, 0) is 20.9 Å². The normalized spacial score (nSPS) is 12.2. The second-order valence-electron chi connectivity index (χ2n) is 5.22. The largest absolute Gasteiger partial charge is 0.461 e. The molecule has 0 aliphatic rings. The molecule has 4 heteroatoms. The highest BCUT2D eigenvalue weighted by molar-refractivity contribution is 8.13. The van der Waals surface area contributed by atoms with Gasteiger partial charge in [-0.2, -0.15) is 0 Å². The van der Waals surface area contributed by atoms with E-state index in [2.05, 4.69) is 13.8 Å². The monoisotopic (exact) mass is 294 g/mol. The van der Waals surface area contributed by atoms with E-state index >= 15 is 0 Å². The molecule has 0 saturated carbocycles. The van der Waals surface area contributed by atoms with Crippen LogP contribution in [0.5, 0.6) is 0 Å². The molecule has 0 aliphatic carbocycles. The molecule has 0 heterocycles. The molecule has 0 aliphatic heterocycles. The van der Waals surface area contributed by atoms with E-state index in [1.54, 1.807) is 0 Å². The Kier molecular flexibility index (Phi) is 7.37. The topological polar surface area (TPSA) is 43.4 Å². The van der Waals surface area contributed by atoms with E-state index < -0.39 is 0 Å². The van der Waals surface area contributed by atoms with Crippen LogP contribution in [0.4, 0.5) is 0 Å². The zero-order valence-electron chi connectivity index (χ0n) is 12.3. The Hall–Kier alpha value is -1.29. The van der Waals surface area contributed by atoms with E-state index in [1.807, 2.05) is 30.3 Å². The molecule has 1 atom stereocenters. The van der Waals surface area contributed by atoms with Crippen LogP contribution < -0.4 is 0 Å². The lowest BCUT2D eigenvalue weighted by molar-refractivity contribution is -0.149. The van der Waals surface area contributed by atoms with Crippen molar-refractivity contribution in [1.82, 2.24) is 0 Å². The summed E-state index contributed by atoms with van der Waals surface area (Å²) in [5, 5.41) is 0.0367. The van der Waals surface area contributed by atoms with Gasteiger partial charge in [0.25, 0.3) is 0 Å². The Labute approximate surface area is 125 Å². The summed E-state index contributed by atoms with van der Waals surface area (Å²) in [6, 6.07) is 9.61. The number of ether oxygens (including phenoxy) is 1. The van der Waals surface area contributed by atoms with E-state index in [1.165, 1.54) is 18.7 Å². The molecule has 1 unspecified atom stereocenters. The molecule has 0 aromatic heterocycles. The summed E-state index contributed by atoms with van der Waals surface area (Å²) in [6.07, 6.45) is 0.744. The van der Waals surface area contributed by atoms with Gasteiger partial charge in [0.15, 0.2) is 5.12 Å². The van der Waals surface area contributed by atoms with Gasteiger partial charge < -0.3 is 4.74 Å². The van der Waals surface area contributed by atoms with Crippen LogP contribution in [0.2, 0.25) is 0 Å². The van der Waals surface area contributed by atoms with Crippen LogP contribution in [0.3, 0.4) is 0 Å². The number of esters is 1. The minimum Gasteiger partial charge on any atom is -0.461 e. The van der Waals surface area contributed by atoms with Crippen molar-refractivity contribution in [2.24, 2.45) is 11.8 Å². The number of carbonyl (C=O) groups excluding carboxylic acids is 2. The quantitative estimate of drug-likeness (QED) is 0.720. The summed E-state index contributed by atoms with van der Waals surface area (Å²) in [7, 11) is 0. The van der Waals surface area contributed by atoms with Crippen LogP contribution >= 0.6 is 11.8 Å². The third-order valence-electron chi connectivity index (χ3n) is 2.80. The van der Waals surface area contributed by atoms with Crippen LogP contribution in [0.15, 0.2) is 30.3 Å². The molecule has 1 rings (SSSR count). The lowest BCUT2D eigenvalue weighted by Gasteiger charge is -2.17. The van der Waals surface area contributed by atoms with Crippen LogP contribution in [-0.4, -0.2) is 16.8 Å². The summed E-state index contributed by atoms with van der Waals surface area (Å²) in [5.74, 6) is 0.474. The molecule has 1 aromatic rings. The molecule has 3 nitrogen and oxygen atoms in total. The van der Waals surface area contributed by atoms with Gasteiger partial charge in [-0.05, 0) is 17.9 Å². The fourth-order valence-electron chi connectivity index (χ4n) is 1.87. The molecule has 0 bridgehead atoms. The predicted molar refractivity (Wildman–Crippen MR) is 82.3 cm³/mol. The molecule has 0 saturated heterocycles. The van der Waals surface area contributed by atoms with Gasteiger partial charge in [0.1, 0.15) is 6.61 Å². The highest BCUT2D eigenvalue weighted by Crippen LogP contribution is 2.20. The van der Waals surface area contributed by atoms with Crippen molar-refractivity contribution in [2.75, 3.05) is 5.75 Å². The van der Waals surface area contributed by atoms with Gasteiger partial charge >= 0.3 is 5.97 Å². The average Bonchev–Trinajstić information content (AvgIpc) is 2.41. The van der Waals surface area contributed by atoms with Crippen molar-refractivity contribution in [1.29, 1.82) is 0 Å². The van der Waals surface area contributed by atoms with Crippen molar-refractivity contribution < 1.29 is 14.3 Å². The average molecular weight is 294 g/mol. The van der Waals surface area contributed by atoms with E-state index in [4.69, 9.17) is 4.74 Å². The van der Waals surface area contributed by atoms with Gasteiger partial charge in [-0.15, -0.1) is 0 Å². The third kappa shape index (κ3) is 6.75. The minimum atomic E-state index is -0.215. The van der Waals surface area contributed by atoms with Crippen molar-refractivity contribution in [3.63, 3.8) is 0 Å². The Morgan fingerprint density at radius 3 is 2.40 bits per heavy atom. The highest BCUT2D eigenvalue weighted by atomic mass is 32.2. The first kappa shape index (κ1) is 16.8. The van der Waals surface area contributed by atoms with Crippen molar-refractivity contribution in [3.05, 3.63) is 35.9 Å². The predicted octanol–water partition coefficient (Wildman–Crippen LogP) is 3.67. The van der Waals surface area contributed by atoms with Gasteiger partial charge in [0.2, 0.25) is 0 Å². The fraction of sp³-hybridized carbons (Fsp3) is 0.500. The molecule has 110 valence electrons. The Bertz CT molecular complexity index is 429. The summed E-state index contributed by atoms with van der Waals surface area (Å²) in [5.41, 5.74) is 0.975. The number of benzene rings is 1. The maximum atomic E-state index is 12.1. The van der Waals surface area contributed by atoms with E-state index in [9.17, 15) is 9.59 Å². The molecule has 0 amide bonds. The van der Waals surface area contributed by atoms with E-state index in [0.717, 1.165) is 12.0 Å². The van der Waals surface area contributed by atoms with Crippen LogP contribution in [0.25, 0.3) is 0 Å². The van der Waals surface area contributed by atoms with Crippen molar-refractivity contribution >= 4 is 22.8 Å². The summed E-state index contributed by atoms with van der Waals surface area (Å²) < 4.78 is 5.36. The highest BCUT2D eigenvalue weighted by Gasteiger charge is 2.22. The summed E-state index contributed by atoms with van der Waals surface area (Å²) in [4.78, 5) is 23.2. The molecule has 0 fully saturated rings. The second-order valence-corrected chi connectivity index (χ2v) is 6.42. The van der Waals surface area contributed by atoms with Gasteiger partial charge in [-0.25, -0.2) is 0 Å². The third-order valence-corrected chi connectivity index (χ3v) is 3.78. The van der Waals surface area contributed by atoms with Crippen molar-refractivity contribution in [3.8, 4) is 0 Å². The maximum Gasteiger partial charge on any atom is 0.310 e. The molecule has 1 aromatic carbocycles. The van der Waals surface area contributed by atoms with Gasteiger partial charge in [0.05, 0.1) is 5.92 Å². The number of hydrogen-bond acceptors (Lipinski definition) is 4. The molecule has 0 spiro atoms. The van der Waals surface area contributed by atoms with E-state index in [0.29, 0.717) is 18.3 Å².